The van der Waals surface area contributed by atoms with E-state index in [1.54, 1.807) is 0 Å². The maximum atomic E-state index is 13.7. The third-order valence-electron chi connectivity index (χ3n) is 7.06. The van der Waals surface area contributed by atoms with E-state index >= 15 is 0 Å². The Bertz CT molecular complexity index is 760. The van der Waals surface area contributed by atoms with Gasteiger partial charge in [-0.15, -0.1) is 0 Å². The first-order chi connectivity index (χ1) is 14.7. The number of ether oxygens (including phenoxy) is 1. The third-order valence-corrected chi connectivity index (χ3v) is 7.06. The molecule has 3 aliphatic rings. The number of hydrogen-bond acceptors (Lipinski definition) is 4. The molecule has 0 spiro atoms. The van der Waals surface area contributed by atoms with Crippen LogP contribution in [0, 0.1) is 0 Å². The van der Waals surface area contributed by atoms with Crippen LogP contribution in [-0.2, 0) is 22.4 Å². The zero-order valence-corrected chi connectivity index (χ0v) is 18.2. The predicted octanol–water partition coefficient (Wildman–Crippen LogP) is 3.66. The molecule has 2 amide bonds. The fraction of sp³-hybridized carbons (Fsp3) is 0.667. The van der Waals surface area contributed by atoms with E-state index in [4.69, 9.17) is 4.74 Å². The summed E-state index contributed by atoms with van der Waals surface area (Å²) >= 11 is 0. The molecular formula is C24H35N3O3. The van der Waals surface area contributed by atoms with E-state index in [1.807, 2.05) is 4.90 Å². The monoisotopic (exact) mass is 413 g/mol. The zero-order valence-electron chi connectivity index (χ0n) is 18.2. The highest BCUT2D eigenvalue weighted by Crippen LogP contribution is 2.33. The first-order valence-corrected chi connectivity index (χ1v) is 11.7. The molecule has 4 rings (SSSR count). The van der Waals surface area contributed by atoms with Crippen molar-refractivity contribution in [3.05, 3.63) is 29.3 Å². The molecule has 1 N–H and O–H groups in total. The molecule has 1 atom stereocenters. The van der Waals surface area contributed by atoms with Crippen molar-refractivity contribution in [2.24, 2.45) is 0 Å². The lowest BCUT2D eigenvalue weighted by Gasteiger charge is -2.45. The minimum atomic E-state index is -0.204. The maximum Gasteiger partial charge on any atom is 0.324 e. The fourth-order valence-electron chi connectivity index (χ4n) is 5.33. The van der Waals surface area contributed by atoms with E-state index in [-0.39, 0.29) is 18.0 Å². The van der Waals surface area contributed by atoms with E-state index in [0.717, 1.165) is 57.4 Å². The average molecular weight is 414 g/mol. The molecule has 2 fully saturated rings. The average Bonchev–Trinajstić information content (AvgIpc) is 3.03. The Morgan fingerprint density at radius 2 is 1.87 bits per heavy atom. The summed E-state index contributed by atoms with van der Waals surface area (Å²) in [6.45, 7) is 2.78. The Morgan fingerprint density at radius 3 is 2.63 bits per heavy atom. The lowest BCUT2D eigenvalue weighted by Crippen LogP contribution is -2.58. The van der Waals surface area contributed by atoms with Crippen molar-refractivity contribution in [2.45, 2.75) is 76.3 Å². The minimum Gasteiger partial charge on any atom is -0.469 e. The lowest BCUT2D eigenvalue weighted by atomic mass is 9.92. The highest BCUT2D eigenvalue weighted by atomic mass is 16.5. The fourth-order valence-corrected chi connectivity index (χ4v) is 5.33. The Kier molecular flexibility index (Phi) is 6.93. The van der Waals surface area contributed by atoms with Gasteiger partial charge in [-0.05, 0) is 74.9 Å². The summed E-state index contributed by atoms with van der Waals surface area (Å²) in [7, 11) is 1.43. The smallest absolute Gasteiger partial charge is 0.324 e. The lowest BCUT2D eigenvalue weighted by molar-refractivity contribution is -0.140. The number of anilines is 1. The van der Waals surface area contributed by atoms with Crippen molar-refractivity contribution in [1.29, 1.82) is 0 Å². The van der Waals surface area contributed by atoms with Gasteiger partial charge in [0.05, 0.1) is 7.11 Å². The normalized spacial score (nSPS) is 23.1. The molecule has 1 aromatic carbocycles. The third kappa shape index (κ3) is 4.64. The summed E-state index contributed by atoms with van der Waals surface area (Å²) in [5.41, 5.74) is 3.70. The van der Waals surface area contributed by atoms with E-state index < -0.39 is 0 Å². The van der Waals surface area contributed by atoms with Gasteiger partial charge in [-0.25, -0.2) is 4.79 Å². The number of esters is 1. The summed E-state index contributed by atoms with van der Waals surface area (Å²) in [5.74, 6) is -0.204. The summed E-state index contributed by atoms with van der Waals surface area (Å²) in [4.78, 5) is 29.6. The topological polar surface area (TPSA) is 61.9 Å². The molecule has 0 bridgehead atoms. The van der Waals surface area contributed by atoms with Crippen LogP contribution in [0.1, 0.15) is 62.5 Å². The number of urea groups is 1. The molecular weight excluding hydrogens is 378 g/mol. The molecule has 6 heteroatoms. The second-order valence-corrected chi connectivity index (χ2v) is 8.90. The van der Waals surface area contributed by atoms with Crippen LogP contribution in [0.3, 0.4) is 0 Å². The van der Waals surface area contributed by atoms with Crippen LogP contribution in [-0.4, -0.2) is 55.7 Å². The van der Waals surface area contributed by atoms with Gasteiger partial charge in [0.25, 0.3) is 0 Å². The molecule has 2 heterocycles. The predicted molar refractivity (Wildman–Crippen MR) is 118 cm³/mol. The summed E-state index contributed by atoms with van der Waals surface area (Å²) in [6.07, 6.45) is 9.86. The van der Waals surface area contributed by atoms with Crippen LogP contribution in [0.25, 0.3) is 0 Å². The number of carbonyl (C=O) groups is 2. The number of methoxy groups -OCH3 is 1. The number of nitrogens with one attached hydrogen (secondary N) is 1. The Balaban J connectivity index is 1.60. The van der Waals surface area contributed by atoms with Crippen molar-refractivity contribution in [3.63, 3.8) is 0 Å². The van der Waals surface area contributed by atoms with Crippen LogP contribution >= 0.6 is 0 Å². The second-order valence-electron chi connectivity index (χ2n) is 8.90. The van der Waals surface area contributed by atoms with E-state index in [9.17, 15) is 9.59 Å². The quantitative estimate of drug-likeness (QED) is 0.749. The van der Waals surface area contributed by atoms with Gasteiger partial charge in [0, 0.05) is 30.7 Å². The van der Waals surface area contributed by atoms with Crippen LogP contribution in [0.2, 0.25) is 0 Å². The van der Waals surface area contributed by atoms with Gasteiger partial charge in [-0.2, -0.15) is 0 Å². The van der Waals surface area contributed by atoms with Crippen molar-refractivity contribution < 1.29 is 14.3 Å². The van der Waals surface area contributed by atoms with Crippen molar-refractivity contribution in [3.8, 4) is 0 Å². The SMILES string of the molecule is COC(=O)CCC1CCN(C2CCCCC2)C(=O)N1c1ccc2c(c1)CCNCC2. The van der Waals surface area contributed by atoms with Gasteiger partial charge in [-0.3, -0.25) is 9.69 Å². The van der Waals surface area contributed by atoms with Gasteiger partial charge < -0.3 is 15.0 Å². The number of fused-ring (bicyclic) bond motifs is 1. The second kappa shape index (κ2) is 9.82. The summed E-state index contributed by atoms with van der Waals surface area (Å²) < 4.78 is 4.85. The molecule has 0 radical (unpaired) electrons. The van der Waals surface area contributed by atoms with E-state index in [0.29, 0.717) is 18.9 Å². The number of benzene rings is 1. The van der Waals surface area contributed by atoms with E-state index in [1.165, 1.54) is 37.5 Å². The van der Waals surface area contributed by atoms with Crippen LogP contribution < -0.4 is 10.2 Å². The molecule has 0 aromatic heterocycles. The Hall–Kier alpha value is -2.08. The van der Waals surface area contributed by atoms with Gasteiger partial charge in [-0.1, -0.05) is 25.3 Å². The highest BCUT2D eigenvalue weighted by molar-refractivity contribution is 5.94. The van der Waals surface area contributed by atoms with Crippen molar-refractivity contribution in [2.75, 3.05) is 31.6 Å². The molecule has 1 aromatic rings. The first kappa shape index (κ1) is 21.2. The van der Waals surface area contributed by atoms with Gasteiger partial charge in [0.2, 0.25) is 0 Å². The number of hydrogen-bond donors (Lipinski definition) is 1. The van der Waals surface area contributed by atoms with E-state index in [2.05, 4.69) is 28.4 Å². The molecule has 1 saturated carbocycles. The Morgan fingerprint density at radius 1 is 1.10 bits per heavy atom. The highest BCUT2D eigenvalue weighted by Gasteiger charge is 2.38. The molecule has 1 aliphatic carbocycles. The van der Waals surface area contributed by atoms with Gasteiger partial charge in [0.1, 0.15) is 0 Å². The van der Waals surface area contributed by atoms with Crippen LogP contribution in [0.15, 0.2) is 18.2 Å². The molecule has 2 aliphatic heterocycles. The first-order valence-electron chi connectivity index (χ1n) is 11.7. The molecule has 30 heavy (non-hydrogen) atoms. The molecule has 6 nitrogen and oxygen atoms in total. The zero-order chi connectivity index (χ0) is 20.9. The maximum absolute atomic E-state index is 13.7. The number of carbonyl (C=O) groups excluding carboxylic acids is 2. The van der Waals surface area contributed by atoms with Gasteiger partial charge in [0.15, 0.2) is 0 Å². The molecule has 1 saturated heterocycles. The molecule has 164 valence electrons. The summed E-state index contributed by atoms with van der Waals surface area (Å²) in [6, 6.07) is 7.04. The van der Waals surface area contributed by atoms with Crippen molar-refractivity contribution in [1.82, 2.24) is 10.2 Å². The van der Waals surface area contributed by atoms with Crippen LogP contribution in [0.5, 0.6) is 0 Å². The number of rotatable bonds is 5. The number of amides is 2. The van der Waals surface area contributed by atoms with Crippen molar-refractivity contribution >= 4 is 17.7 Å². The minimum absolute atomic E-state index is 0.0402. The largest absolute Gasteiger partial charge is 0.469 e. The Labute approximate surface area is 179 Å². The standard InChI is InChI=1S/C24H35N3O3/c1-30-23(28)10-9-21-13-16-26(20-5-3-2-4-6-20)24(29)27(21)22-8-7-18-11-14-25-15-12-19(18)17-22/h7-8,17,20-21,25H,2-6,9-16H2,1H3. The summed E-state index contributed by atoms with van der Waals surface area (Å²) in [5, 5.41) is 3.46. The van der Waals surface area contributed by atoms with Gasteiger partial charge >= 0.3 is 12.0 Å². The molecule has 1 unspecified atom stereocenters. The van der Waals surface area contributed by atoms with Crippen LogP contribution in [0.4, 0.5) is 10.5 Å². The number of nitrogens with zero attached hydrogens (tertiary/aromatic N) is 2.